The molecule has 3 aromatic rings. The number of nitrogens with zero attached hydrogens (tertiary/aromatic N) is 2. The quantitative estimate of drug-likeness (QED) is 0.299. The molecule has 1 saturated carbocycles. The second-order valence-electron chi connectivity index (χ2n) is 11.9. The van der Waals surface area contributed by atoms with Crippen LogP contribution in [0.1, 0.15) is 41.7 Å². The number of methoxy groups -OCH3 is 1. The van der Waals surface area contributed by atoms with E-state index in [-0.39, 0.29) is 23.8 Å². The first-order chi connectivity index (χ1) is 20.6. The number of aromatic carboxylic acids is 1. The van der Waals surface area contributed by atoms with E-state index in [1.165, 1.54) is 23.8 Å². The van der Waals surface area contributed by atoms with Gasteiger partial charge in [0.1, 0.15) is 12.3 Å². The maximum atomic E-state index is 13.6. The van der Waals surface area contributed by atoms with Crippen molar-refractivity contribution in [1.29, 1.82) is 0 Å². The summed E-state index contributed by atoms with van der Waals surface area (Å²) in [6.45, 7) is 3.01. The van der Waals surface area contributed by atoms with Crippen molar-refractivity contribution in [3.63, 3.8) is 0 Å². The molecule has 3 heterocycles. The Morgan fingerprint density at radius 1 is 1.12 bits per heavy atom. The molecule has 2 aliphatic heterocycles. The summed E-state index contributed by atoms with van der Waals surface area (Å²) in [5.74, 6) is 5.08. The number of ether oxygens (including phenoxy) is 2. The Morgan fingerprint density at radius 3 is 2.53 bits per heavy atom. The average molecular weight is 597 g/mol. The van der Waals surface area contributed by atoms with Crippen LogP contribution in [0.2, 0.25) is 0 Å². The molecule has 1 spiro atoms. The lowest BCUT2D eigenvalue weighted by atomic mass is 9.75. The zero-order valence-corrected chi connectivity index (χ0v) is 24.0. The van der Waals surface area contributed by atoms with Gasteiger partial charge in [0.25, 0.3) is 0 Å². The number of carbonyl (C=O) groups is 1. The van der Waals surface area contributed by atoms with Gasteiger partial charge in [0.15, 0.2) is 0 Å². The maximum absolute atomic E-state index is 13.6. The lowest BCUT2D eigenvalue weighted by Crippen LogP contribution is -2.68. The molecule has 11 heteroatoms. The van der Waals surface area contributed by atoms with Gasteiger partial charge < -0.3 is 29.8 Å². The Labute approximate surface area is 248 Å². The molecule has 3 fully saturated rings. The van der Waals surface area contributed by atoms with Gasteiger partial charge in [-0.3, -0.25) is 4.90 Å². The van der Waals surface area contributed by atoms with Crippen LogP contribution in [0.15, 0.2) is 42.5 Å². The predicted octanol–water partition coefficient (Wildman–Crippen LogP) is 5.43. The molecule has 6 rings (SSSR count). The van der Waals surface area contributed by atoms with Gasteiger partial charge in [-0.25, -0.2) is 4.79 Å². The topological polar surface area (TPSA) is 88.0 Å². The van der Waals surface area contributed by atoms with Crippen molar-refractivity contribution in [3.8, 4) is 17.6 Å². The molecule has 0 radical (unpaired) electrons. The highest BCUT2D eigenvalue weighted by molar-refractivity contribution is 5.94. The van der Waals surface area contributed by atoms with Crippen LogP contribution in [0.25, 0.3) is 10.9 Å². The van der Waals surface area contributed by atoms with E-state index in [0.717, 1.165) is 57.7 Å². The number of nitrogens with one attached hydrogen (secondary N) is 2. The Balaban J connectivity index is 1.15. The number of alkyl halides is 3. The van der Waals surface area contributed by atoms with Crippen molar-refractivity contribution in [2.45, 2.75) is 50.5 Å². The van der Waals surface area contributed by atoms with Crippen molar-refractivity contribution in [2.24, 2.45) is 5.41 Å². The summed E-state index contributed by atoms with van der Waals surface area (Å²) in [6.07, 6.45) is -0.178. The van der Waals surface area contributed by atoms with Crippen LogP contribution in [-0.4, -0.2) is 78.8 Å². The number of carboxylic acids is 1. The molecule has 0 unspecified atom stereocenters. The van der Waals surface area contributed by atoms with Crippen molar-refractivity contribution in [2.75, 3.05) is 50.6 Å². The molecule has 3 N–H and O–H groups in total. The second-order valence-corrected chi connectivity index (χ2v) is 11.9. The molecule has 0 amide bonds. The van der Waals surface area contributed by atoms with Crippen molar-refractivity contribution >= 4 is 28.2 Å². The van der Waals surface area contributed by atoms with Gasteiger partial charge in [-0.1, -0.05) is 12.0 Å². The van der Waals surface area contributed by atoms with Gasteiger partial charge >= 0.3 is 12.1 Å². The maximum Gasteiger partial charge on any atom is 0.406 e. The third-order valence-electron chi connectivity index (χ3n) is 8.78. The number of hydrogen-bond donors (Lipinski definition) is 3. The van der Waals surface area contributed by atoms with Crippen LogP contribution in [0.4, 0.5) is 24.5 Å². The summed E-state index contributed by atoms with van der Waals surface area (Å²) in [7, 11) is 1.43. The zero-order valence-electron chi connectivity index (χ0n) is 24.0. The summed E-state index contributed by atoms with van der Waals surface area (Å²) in [5, 5.41) is 16.6. The molecular formula is C32H35F3N4O4. The minimum absolute atomic E-state index is 0.0798. The summed E-state index contributed by atoms with van der Waals surface area (Å²) in [5.41, 5.74) is 2.59. The monoisotopic (exact) mass is 596 g/mol. The average Bonchev–Trinajstić information content (AvgIpc) is 3.27. The minimum Gasteiger partial charge on any atom is -0.495 e. The molecule has 3 aliphatic rings. The smallest absolute Gasteiger partial charge is 0.406 e. The number of benzene rings is 2. The minimum atomic E-state index is -4.41. The number of likely N-dealkylation sites (tertiary alicyclic amines) is 1. The fourth-order valence-electron chi connectivity index (χ4n) is 6.56. The largest absolute Gasteiger partial charge is 0.495 e. The summed E-state index contributed by atoms with van der Waals surface area (Å²) in [4.78, 5) is 13.8. The molecule has 0 bridgehead atoms. The van der Waals surface area contributed by atoms with Gasteiger partial charge in [-0.2, -0.15) is 13.2 Å². The summed E-state index contributed by atoms with van der Waals surface area (Å²) >= 11 is 0. The highest BCUT2D eigenvalue weighted by atomic mass is 19.4. The Bertz CT molecular complexity index is 1550. The Kier molecular flexibility index (Phi) is 7.92. The first-order valence-electron chi connectivity index (χ1n) is 14.5. The van der Waals surface area contributed by atoms with Gasteiger partial charge in [0.2, 0.25) is 0 Å². The number of halogens is 3. The van der Waals surface area contributed by atoms with Crippen LogP contribution < -0.4 is 15.4 Å². The van der Waals surface area contributed by atoms with Crippen molar-refractivity contribution < 1.29 is 32.5 Å². The fourth-order valence-corrected chi connectivity index (χ4v) is 6.56. The van der Waals surface area contributed by atoms with E-state index in [9.17, 15) is 23.1 Å². The normalized spacial score (nSPS) is 21.4. The van der Waals surface area contributed by atoms with E-state index in [1.54, 1.807) is 24.3 Å². The molecule has 228 valence electrons. The van der Waals surface area contributed by atoms with E-state index in [0.29, 0.717) is 33.8 Å². The van der Waals surface area contributed by atoms with E-state index in [2.05, 4.69) is 27.4 Å². The molecule has 8 nitrogen and oxygen atoms in total. The van der Waals surface area contributed by atoms with Gasteiger partial charge in [0.05, 0.1) is 49.3 Å². The molecular weight excluding hydrogens is 561 g/mol. The third kappa shape index (κ3) is 6.26. The van der Waals surface area contributed by atoms with Crippen LogP contribution in [0, 0.1) is 17.3 Å². The number of aromatic nitrogens is 1. The van der Waals surface area contributed by atoms with Crippen LogP contribution in [-0.2, 0) is 11.3 Å². The number of fused-ring (bicyclic) bond motifs is 1. The highest BCUT2D eigenvalue weighted by Gasteiger charge is 2.50. The predicted molar refractivity (Wildman–Crippen MR) is 158 cm³/mol. The van der Waals surface area contributed by atoms with Gasteiger partial charge in [-0.05, 0) is 68.0 Å². The Hall–Kier alpha value is -3.88. The number of rotatable bonds is 8. The van der Waals surface area contributed by atoms with E-state index >= 15 is 0 Å². The second kappa shape index (κ2) is 11.7. The number of carboxylic acid groups (broad SMARTS) is 1. The number of anilines is 2. The van der Waals surface area contributed by atoms with E-state index in [4.69, 9.17) is 9.47 Å². The fraction of sp³-hybridized carbons (Fsp3) is 0.469. The van der Waals surface area contributed by atoms with Crippen molar-refractivity contribution in [3.05, 3.63) is 53.7 Å². The summed E-state index contributed by atoms with van der Waals surface area (Å²) < 4.78 is 52.8. The van der Waals surface area contributed by atoms with E-state index < -0.39 is 18.7 Å². The lowest BCUT2D eigenvalue weighted by Gasteiger charge is -2.58. The van der Waals surface area contributed by atoms with Crippen molar-refractivity contribution in [1.82, 2.24) is 9.47 Å². The standard InChI is InChI=1S/C32H35F3N4O4/c1-42-29-14-21(30(40)41)7-12-27(29)36-13-3-4-24-15-25-26(5-2-6-28(25)39(24)18-32(33,34)35)37-22-8-10-23(11-9-22)38-16-31(17-38)19-43-20-31/h2,5-7,12,14-15,22-23,36-37H,8-11,13,16-20H2,1H3,(H,40,41). The molecule has 2 aromatic carbocycles. The van der Waals surface area contributed by atoms with Gasteiger partial charge in [0, 0.05) is 41.7 Å². The molecule has 43 heavy (non-hydrogen) atoms. The Morgan fingerprint density at radius 2 is 1.88 bits per heavy atom. The highest BCUT2D eigenvalue weighted by Crippen LogP contribution is 2.41. The zero-order chi connectivity index (χ0) is 30.2. The molecule has 2 saturated heterocycles. The third-order valence-corrected chi connectivity index (χ3v) is 8.78. The van der Waals surface area contributed by atoms with Crippen LogP contribution in [0.3, 0.4) is 0 Å². The SMILES string of the molecule is COc1cc(C(=O)O)ccc1NCC#Cc1cc2c(NC3CCC(N4CC5(COC5)C4)CC3)cccc2n1CC(F)(F)F. The first-order valence-corrected chi connectivity index (χ1v) is 14.5. The van der Waals surface area contributed by atoms with Gasteiger partial charge in [-0.15, -0.1) is 0 Å². The summed E-state index contributed by atoms with van der Waals surface area (Å²) in [6, 6.07) is 12.4. The van der Waals surface area contributed by atoms with Crippen LogP contribution >= 0.6 is 0 Å². The molecule has 0 atom stereocenters. The van der Waals surface area contributed by atoms with Crippen LogP contribution in [0.5, 0.6) is 5.75 Å². The lowest BCUT2D eigenvalue weighted by molar-refractivity contribution is -0.200. The van der Waals surface area contributed by atoms with E-state index in [1.807, 2.05) is 6.07 Å². The molecule has 1 aromatic heterocycles. The molecule has 1 aliphatic carbocycles. The number of hydrogen-bond acceptors (Lipinski definition) is 6. The first kappa shape index (κ1) is 29.2.